The second-order valence-corrected chi connectivity index (χ2v) is 5.67. The van der Waals surface area contributed by atoms with Gasteiger partial charge in [0.2, 0.25) is 0 Å². The van der Waals surface area contributed by atoms with Gasteiger partial charge in [-0.05, 0) is 30.5 Å². The molecule has 0 saturated heterocycles. The normalized spacial score (nSPS) is 19.2. The monoisotopic (exact) mass is 301 g/mol. The highest BCUT2D eigenvalue weighted by Gasteiger charge is 2.30. The summed E-state index contributed by atoms with van der Waals surface area (Å²) in [5.74, 6) is 0. The van der Waals surface area contributed by atoms with E-state index in [9.17, 15) is 13.2 Å². The van der Waals surface area contributed by atoms with E-state index in [1.807, 2.05) is 0 Å². The largest absolute Gasteiger partial charge is 0.416 e. The van der Waals surface area contributed by atoms with Gasteiger partial charge in [-0.2, -0.15) is 13.2 Å². The molecule has 0 spiro atoms. The molecule has 21 heavy (non-hydrogen) atoms. The Balaban J connectivity index is 1.86. The van der Waals surface area contributed by atoms with Crippen LogP contribution in [0.3, 0.4) is 0 Å². The number of ether oxygens (including phenoxy) is 1. The number of halogens is 3. The van der Waals surface area contributed by atoms with Crippen molar-refractivity contribution in [1.82, 2.24) is 0 Å². The zero-order valence-electron chi connectivity index (χ0n) is 12.0. The van der Waals surface area contributed by atoms with E-state index < -0.39 is 11.7 Å². The minimum absolute atomic E-state index is 0.244. The SMILES string of the molecule is NC(COC1CCCCCC1)c1ccc(C(F)(F)F)cc1. The lowest BCUT2D eigenvalue weighted by Crippen LogP contribution is -2.22. The average molecular weight is 301 g/mol. The average Bonchev–Trinajstić information content (AvgIpc) is 2.72. The molecular formula is C16H22F3NO. The van der Waals surface area contributed by atoms with Crippen LogP contribution in [0.5, 0.6) is 0 Å². The molecule has 1 unspecified atom stereocenters. The van der Waals surface area contributed by atoms with Gasteiger partial charge in [-0.25, -0.2) is 0 Å². The first kappa shape index (κ1) is 16.3. The molecule has 0 radical (unpaired) electrons. The van der Waals surface area contributed by atoms with Crippen molar-refractivity contribution in [2.75, 3.05) is 6.61 Å². The molecule has 1 aliphatic rings. The predicted molar refractivity (Wildman–Crippen MR) is 75.8 cm³/mol. The van der Waals surface area contributed by atoms with E-state index in [4.69, 9.17) is 10.5 Å². The number of hydrogen-bond donors (Lipinski definition) is 1. The van der Waals surface area contributed by atoms with E-state index in [2.05, 4.69) is 0 Å². The summed E-state index contributed by atoms with van der Waals surface area (Å²) in [5.41, 5.74) is 6.03. The summed E-state index contributed by atoms with van der Waals surface area (Å²) in [5, 5.41) is 0. The Morgan fingerprint density at radius 3 is 2.14 bits per heavy atom. The first-order valence-electron chi connectivity index (χ1n) is 7.51. The Kier molecular flexibility index (Phi) is 5.65. The topological polar surface area (TPSA) is 35.2 Å². The van der Waals surface area contributed by atoms with Crippen LogP contribution in [0.25, 0.3) is 0 Å². The molecule has 0 heterocycles. The molecule has 1 aliphatic carbocycles. The lowest BCUT2D eigenvalue weighted by Gasteiger charge is -2.19. The maximum absolute atomic E-state index is 12.5. The molecule has 0 aliphatic heterocycles. The van der Waals surface area contributed by atoms with Crippen molar-refractivity contribution >= 4 is 0 Å². The number of hydrogen-bond acceptors (Lipinski definition) is 2. The lowest BCUT2D eigenvalue weighted by molar-refractivity contribution is -0.137. The van der Waals surface area contributed by atoms with Gasteiger partial charge in [-0.15, -0.1) is 0 Å². The fourth-order valence-corrected chi connectivity index (χ4v) is 2.66. The summed E-state index contributed by atoms with van der Waals surface area (Å²) in [6, 6.07) is 4.63. The van der Waals surface area contributed by atoms with Gasteiger partial charge in [0, 0.05) is 0 Å². The lowest BCUT2D eigenvalue weighted by atomic mass is 10.1. The van der Waals surface area contributed by atoms with Crippen molar-refractivity contribution in [1.29, 1.82) is 0 Å². The maximum Gasteiger partial charge on any atom is 0.416 e. The molecule has 0 bridgehead atoms. The Morgan fingerprint density at radius 2 is 1.62 bits per heavy atom. The number of rotatable bonds is 4. The van der Waals surface area contributed by atoms with Crippen molar-refractivity contribution in [3.05, 3.63) is 35.4 Å². The van der Waals surface area contributed by atoms with Gasteiger partial charge in [0.05, 0.1) is 24.3 Å². The molecule has 118 valence electrons. The van der Waals surface area contributed by atoms with E-state index in [1.165, 1.54) is 37.8 Å². The molecule has 1 saturated carbocycles. The highest BCUT2D eigenvalue weighted by molar-refractivity contribution is 5.26. The van der Waals surface area contributed by atoms with Crippen LogP contribution in [-0.4, -0.2) is 12.7 Å². The van der Waals surface area contributed by atoms with E-state index in [0.29, 0.717) is 12.2 Å². The van der Waals surface area contributed by atoms with Crippen LogP contribution in [0.2, 0.25) is 0 Å². The van der Waals surface area contributed by atoms with Crippen molar-refractivity contribution in [3.8, 4) is 0 Å². The highest BCUT2D eigenvalue weighted by atomic mass is 19.4. The molecule has 0 amide bonds. The summed E-state index contributed by atoms with van der Waals surface area (Å²) in [4.78, 5) is 0. The number of nitrogens with two attached hydrogens (primary N) is 1. The van der Waals surface area contributed by atoms with Gasteiger partial charge < -0.3 is 10.5 Å². The Morgan fingerprint density at radius 1 is 1.05 bits per heavy atom. The Bertz CT molecular complexity index is 422. The first-order chi connectivity index (χ1) is 9.97. The molecule has 2 nitrogen and oxygen atoms in total. The molecule has 0 aromatic heterocycles. The smallest absolute Gasteiger partial charge is 0.376 e. The molecular weight excluding hydrogens is 279 g/mol. The summed E-state index contributed by atoms with van der Waals surface area (Å²) in [6.07, 6.45) is 2.92. The van der Waals surface area contributed by atoms with Crippen molar-refractivity contribution in [3.63, 3.8) is 0 Å². The van der Waals surface area contributed by atoms with Crippen LogP contribution in [0.15, 0.2) is 24.3 Å². The predicted octanol–water partition coefficient (Wildman–Crippen LogP) is 4.44. The summed E-state index contributed by atoms with van der Waals surface area (Å²) in [7, 11) is 0. The third-order valence-corrected chi connectivity index (χ3v) is 3.98. The second kappa shape index (κ2) is 7.27. The van der Waals surface area contributed by atoms with Gasteiger partial charge >= 0.3 is 6.18 Å². The van der Waals surface area contributed by atoms with Crippen molar-refractivity contribution in [2.45, 2.75) is 56.8 Å². The molecule has 1 fully saturated rings. The Hall–Kier alpha value is -1.07. The highest BCUT2D eigenvalue weighted by Crippen LogP contribution is 2.30. The maximum atomic E-state index is 12.5. The van der Waals surface area contributed by atoms with Gasteiger partial charge in [0.1, 0.15) is 0 Å². The van der Waals surface area contributed by atoms with Crippen molar-refractivity contribution < 1.29 is 17.9 Å². The van der Waals surface area contributed by atoms with E-state index in [0.717, 1.165) is 25.0 Å². The number of alkyl halides is 3. The summed E-state index contributed by atoms with van der Waals surface area (Å²) in [6.45, 7) is 0.357. The molecule has 1 aromatic carbocycles. The molecule has 5 heteroatoms. The minimum Gasteiger partial charge on any atom is -0.376 e. The van der Waals surface area contributed by atoms with E-state index in [-0.39, 0.29) is 12.1 Å². The van der Waals surface area contributed by atoms with Crippen LogP contribution in [0, 0.1) is 0 Å². The zero-order chi connectivity index (χ0) is 15.3. The van der Waals surface area contributed by atoms with E-state index >= 15 is 0 Å². The molecule has 1 aromatic rings. The van der Waals surface area contributed by atoms with Gasteiger partial charge in [0.15, 0.2) is 0 Å². The molecule has 1 atom stereocenters. The third-order valence-electron chi connectivity index (χ3n) is 3.98. The van der Waals surface area contributed by atoms with Gasteiger partial charge in [0.25, 0.3) is 0 Å². The minimum atomic E-state index is -4.31. The Labute approximate surface area is 123 Å². The fraction of sp³-hybridized carbons (Fsp3) is 0.625. The number of benzene rings is 1. The molecule has 2 rings (SSSR count). The van der Waals surface area contributed by atoms with Crippen LogP contribution < -0.4 is 5.73 Å². The van der Waals surface area contributed by atoms with Crippen LogP contribution in [0.4, 0.5) is 13.2 Å². The molecule has 2 N–H and O–H groups in total. The van der Waals surface area contributed by atoms with Gasteiger partial charge in [-0.1, -0.05) is 37.8 Å². The fourth-order valence-electron chi connectivity index (χ4n) is 2.66. The quantitative estimate of drug-likeness (QED) is 0.834. The third kappa shape index (κ3) is 5.00. The van der Waals surface area contributed by atoms with E-state index in [1.54, 1.807) is 0 Å². The van der Waals surface area contributed by atoms with Crippen LogP contribution in [0.1, 0.15) is 55.7 Å². The first-order valence-corrected chi connectivity index (χ1v) is 7.51. The summed E-state index contributed by atoms with van der Waals surface area (Å²) >= 11 is 0. The van der Waals surface area contributed by atoms with Gasteiger partial charge in [-0.3, -0.25) is 0 Å². The summed E-state index contributed by atoms with van der Waals surface area (Å²) < 4.78 is 43.3. The second-order valence-electron chi connectivity index (χ2n) is 5.67. The van der Waals surface area contributed by atoms with Crippen molar-refractivity contribution in [2.24, 2.45) is 5.73 Å². The zero-order valence-corrected chi connectivity index (χ0v) is 12.0. The van der Waals surface area contributed by atoms with Crippen LogP contribution in [-0.2, 0) is 10.9 Å². The standard InChI is InChI=1S/C16H22F3NO/c17-16(18,19)13-9-7-12(8-10-13)15(20)11-21-14-5-3-1-2-4-6-14/h7-10,14-15H,1-6,11,20H2. The van der Waals surface area contributed by atoms with Crippen LogP contribution >= 0.6 is 0 Å².